The first kappa shape index (κ1) is 19.0. The monoisotopic (exact) mass is 356 g/mol. The van der Waals surface area contributed by atoms with Crippen molar-refractivity contribution in [3.05, 3.63) is 88.9 Å². The average molecular weight is 357 g/mol. The average Bonchev–Trinajstić information content (AvgIpc) is 2.68. The van der Waals surface area contributed by atoms with E-state index in [-0.39, 0.29) is 0 Å². The van der Waals surface area contributed by atoms with Gasteiger partial charge in [0, 0.05) is 23.7 Å². The normalized spacial score (nSPS) is 10.8. The molecule has 0 atom stereocenters. The van der Waals surface area contributed by atoms with Crippen LogP contribution in [0.4, 0.5) is 0 Å². The Bertz CT molecular complexity index is 956. The molecule has 2 heteroatoms. The van der Waals surface area contributed by atoms with Crippen molar-refractivity contribution in [1.29, 1.82) is 0 Å². The third kappa shape index (κ3) is 4.33. The minimum absolute atomic E-state index is 0.946. The molecular weight excluding hydrogens is 328 g/mol. The van der Waals surface area contributed by atoms with E-state index in [0.29, 0.717) is 0 Å². The third-order valence-electron chi connectivity index (χ3n) is 5.12. The summed E-state index contributed by atoms with van der Waals surface area (Å²) in [6, 6.07) is 12.8. The molecule has 3 aromatic rings. The van der Waals surface area contributed by atoms with Crippen LogP contribution >= 0.6 is 0 Å². The third-order valence-corrected chi connectivity index (χ3v) is 5.12. The summed E-state index contributed by atoms with van der Waals surface area (Å²) < 4.78 is 0. The highest BCUT2D eigenvalue weighted by Crippen LogP contribution is 2.30. The minimum Gasteiger partial charge on any atom is -0.261 e. The van der Waals surface area contributed by atoms with Gasteiger partial charge in [0.2, 0.25) is 0 Å². The van der Waals surface area contributed by atoms with E-state index in [2.05, 4.69) is 68.5 Å². The fourth-order valence-corrected chi connectivity index (χ4v) is 3.61. The fraction of sp³-hybridized carbons (Fsp3) is 0.280. The zero-order chi connectivity index (χ0) is 19.4. The number of nitrogens with zero attached hydrogens (tertiary/aromatic N) is 2. The second-order valence-corrected chi connectivity index (χ2v) is 7.27. The minimum atomic E-state index is 0.946. The summed E-state index contributed by atoms with van der Waals surface area (Å²) in [5, 5.41) is 0. The molecule has 2 heterocycles. The topological polar surface area (TPSA) is 25.8 Å². The molecule has 2 nitrogen and oxygen atoms in total. The van der Waals surface area contributed by atoms with Crippen molar-refractivity contribution in [3.8, 4) is 11.3 Å². The molecule has 0 radical (unpaired) electrons. The SMILES string of the molecule is C=C(CCc1cc(C)cnc1CC)c1cc(C)c(-c2ccccn2)cc1C. The Hall–Kier alpha value is -2.74. The Morgan fingerprint density at radius 1 is 1.00 bits per heavy atom. The molecule has 0 fully saturated rings. The van der Waals surface area contributed by atoms with E-state index >= 15 is 0 Å². The van der Waals surface area contributed by atoms with Gasteiger partial charge in [-0.05, 0) is 91.6 Å². The van der Waals surface area contributed by atoms with Gasteiger partial charge in [-0.15, -0.1) is 0 Å². The lowest BCUT2D eigenvalue weighted by molar-refractivity contribution is 0.921. The van der Waals surface area contributed by atoms with Crippen LogP contribution in [0.15, 0.2) is 55.4 Å². The predicted molar refractivity (Wildman–Crippen MR) is 115 cm³/mol. The van der Waals surface area contributed by atoms with Crippen LogP contribution in [0, 0.1) is 20.8 Å². The van der Waals surface area contributed by atoms with Crippen LogP contribution in [0.5, 0.6) is 0 Å². The number of allylic oxidation sites excluding steroid dienone is 1. The summed E-state index contributed by atoms with van der Waals surface area (Å²) >= 11 is 0. The van der Waals surface area contributed by atoms with Gasteiger partial charge in [-0.1, -0.05) is 31.7 Å². The van der Waals surface area contributed by atoms with Crippen LogP contribution in [0.1, 0.15) is 46.9 Å². The van der Waals surface area contributed by atoms with Crippen LogP contribution in [0.2, 0.25) is 0 Å². The molecular formula is C25H28N2. The summed E-state index contributed by atoms with van der Waals surface area (Å²) in [6.45, 7) is 13.0. The first-order chi connectivity index (χ1) is 13.0. The molecule has 0 spiro atoms. The highest BCUT2D eigenvalue weighted by molar-refractivity contribution is 5.73. The quantitative estimate of drug-likeness (QED) is 0.519. The largest absolute Gasteiger partial charge is 0.261 e. The maximum atomic E-state index is 4.59. The Morgan fingerprint density at radius 2 is 1.81 bits per heavy atom. The van der Waals surface area contributed by atoms with Gasteiger partial charge >= 0.3 is 0 Å². The van der Waals surface area contributed by atoms with Crippen molar-refractivity contribution < 1.29 is 0 Å². The maximum Gasteiger partial charge on any atom is 0.0704 e. The van der Waals surface area contributed by atoms with Crippen molar-refractivity contribution in [2.75, 3.05) is 0 Å². The highest BCUT2D eigenvalue weighted by Gasteiger charge is 2.11. The number of hydrogen-bond donors (Lipinski definition) is 0. The summed E-state index contributed by atoms with van der Waals surface area (Å²) in [4.78, 5) is 9.09. The zero-order valence-corrected chi connectivity index (χ0v) is 16.8. The van der Waals surface area contributed by atoms with Gasteiger partial charge in [-0.2, -0.15) is 0 Å². The molecule has 0 N–H and O–H groups in total. The van der Waals surface area contributed by atoms with Crippen molar-refractivity contribution in [2.45, 2.75) is 47.0 Å². The van der Waals surface area contributed by atoms with Crippen molar-refractivity contribution >= 4 is 5.57 Å². The van der Waals surface area contributed by atoms with E-state index < -0.39 is 0 Å². The van der Waals surface area contributed by atoms with E-state index in [0.717, 1.165) is 25.0 Å². The standard InChI is InChI=1S/C25H28N2/c1-6-24-21(13-17(2)16-27-24)11-10-18(3)22-14-20(5)23(15-19(22)4)25-9-7-8-12-26-25/h7-9,12-16H,3,6,10-11H2,1-2,4-5H3. The molecule has 1 aromatic carbocycles. The van der Waals surface area contributed by atoms with Crippen LogP contribution in [-0.2, 0) is 12.8 Å². The summed E-state index contributed by atoms with van der Waals surface area (Å²) in [5.41, 5.74) is 10.9. The van der Waals surface area contributed by atoms with Crippen LogP contribution in [-0.4, -0.2) is 9.97 Å². The van der Waals surface area contributed by atoms with Crippen LogP contribution in [0.25, 0.3) is 16.8 Å². The molecule has 0 amide bonds. The smallest absolute Gasteiger partial charge is 0.0704 e. The van der Waals surface area contributed by atoms with Crippen molar-refractivity contribution in [1.82, 2.24) is 9.97 Å². The molecule has 0 aliphatic rings. The number of rotatable bonds is 6. The Labute approximate surface area is 163 Å². The van der Waals surface area contributed by atoms with Crippen molar-refractivity contribution in [2.24, 2.45) is 0 Å². The van der Waals surface area contributed by atoms with E-state index in [4.69, 9.17) is 0 Å². The van der Waals surface area contributed by atoms with Gasteiger partial charge in [0.15, 0.2) is 0 Å². The number of aromatic nitrogens is 2. The lowest BCUT2D eigenvalue weighted by atomic mass is 9.91. The number of pyridine rings is 2. The second-order valence-electron chi connectivity index (χ2n) is 7.27. The molecule has 0 unspecified atom stereocenters. The van der Waals surface area contributed by atoms with E-state index in [1.165, 1.54) is 44.6 Å². The van der Waals surface area contributed by atoms with Gasteiger partial charge < -0.3 is 0 Å². The van der Waals surface area contributed by atoms with Gasteiger partial charge in [0.1, 0.15) is 0 Å². The van der Waals surface area contributed by atoms with Gasteiger partial charge in [-0.25, -0.2) is 0 Å². The van der Waals surface area contributed by atoms with Crippen LogP contribution in [0.3, 0.4) is 0 Å². The first-order valence-electron chi connectivity index (χ1n) is 9.64. The summed E-state index contributed by atoms with van der Waals surface area (Å²) in [7, 11) is 0. The Morgan fingerprint density at radius 3 is 2.52 bits per heavy atom. The summed E-state index contributed by atoms with van der Waals surface area (Å²) in [5.74, 6) is 0. The maximum absolute atomic E-state index is 4.59. The summed E-state index contributed by atoms with van der Waals surface area (Å²) in [6.07, 6.45) is 6.71. The van der Waals surface area contributed by atoms with Gasteiger partial charge in [0.05, 0.1) is 5.69 Å². The molecule has 27 heavy (non-hydrogen) atoms. The van der Waals surface area contributed by atoms with Crippen molar-refractivity contribution in [3.63, 3.8) is 0 Å². The Kier molecular flexibility index (Phi) is 5.85. The molecule has 0 saturated heterocycles. The van der Waals surface area contributed by atoms with Crippen LogP contribution < -0.4 is 0 Å². The molecule has 0 aliphatic heterocycles. The lowest BCUT2D eigenvalue weighted by Gasteiger charge is -2.15. The van der Waals surface area contributed by atoms with E-state index in [1.807, 2.05) is 24.5 Å². The predicted octanol–water partition coefficient (Wildman–Crippen LogP) is 6.28. The molecule has 0 bridgehead atoms. The van der Waals surface area contributed by atoms with Gasteiger partial charge in [0.25, 0.3) is 0 Å². The highest BCUT2D eigenvalue weighted by atomic mass is 14.7. The van der Waals surface area contributed by atoms with Gasteiger partial charge in [-0.3, -0.25) is 9.97 Å². The molecule has 138 valence electrons. The number of hydrogen-bond acceptors (Lipinski definition) is 2. The molecule has 3 rings (SSSR count). The number of benzene rings is 1. The molecule has 2 aromatic heterocycles. The lowest BCUT2D eigenvalue weighted by Crippen LogP contribution is -2.00. The second kappa shape index (κ2) is 8.30. The fourth-order valence-electron chi connectivity index (χ4n) is 3.61. The molecule has 0 saturated carbocycles. The zero-order valence-electron chi connectivity index (χ0n) is 16.8. The number of aryl methyl sites for hydroxylation is 5. The Balaban J connectivity index is 1.82. The first-order valence-corrected chi connectivity index (χ1v) is 9.64. The molecule has 0 aliphatic carbocycles. The van der Waals surface area contributed by atoms with E-state index in [1.54, 1.807) is 0 Å². The van der Waals surface area contributed by atoms with E-state index in [9.17, 15) is 0 Å².